The van der Waals surface area contributed by atoms with E-state index in [1.54, 1.807) is 0 Å². The smallest absolute Gasteiger partial charge is 0.257 e. The number of hydroxylamine groups is 2. The molecule has 0 saturated carbocycles. The lowest BCUT2D eigenvalue weighted by Gasteiger charge is -2.31. The third-order valence-corrected chi connectivity index (χ3v) is 3.74. The van der Waals surface area contributed by atoms with E-state index >= 15 is 0 Å². The van der Waals surface area contributed by atoms with Crippen molar-refractivity contribution >= 4 is 11.8 Å². The summed E-state index contributed by atoms with van der Waals surface area (Å²) >= 11 is 0. The van der Waals surface area contributed by atoms with Crippen molar-refractivity contribution in [3.05, 3.63) is 0 Å². The quantitative estimate of drug-likeness (QED) is 0.668. The summed E-state index contributed by atoms with van der Waals surface area (Å²) in [5.41, 5.74) is -0.0972. The molecule has 0 aromatic heterocycles. The SMILES string of the molecule is CCC(C)(CC)C1CC(=O)N(OC)C1=O. The summed E-state index contributed by atoms with van der Waals surface area (Å²) in [6.45, 7) is 6.16. The molecule has 0 aromatic carbocycles. The van der Waals surface area contributed by atoms with Crippen molar-refractivity contribution in [2.24, 2.45) is 11.3 Å². The van der Waals surface area contributed by atoms with Crippen molar-refractivity contribution in [2.45, 2.75) is 40.0 Å². The first-order valence-electron chi connectivity index (χ1n) is 5.41. The van der Waals surface area contributed by atoms with Gasteiger partial charge in [-0.1, -0.05) is 20.8 Å². The molecule has 0 aromatic rings. The predicted molar refractivity (Wildman–Crippen MR) is 55.7 cm³/mol. The molecule has 1 saturated heterocycles. The lowest BCUT2D eigenvalue weighted by Crippen LogP contribution is -2.35. The van der Waals surface area contributed by atoms with Crippen LogP contribution in [0.15, 0.2) is 0 Å². The van der Waals surface area contributed by atoms with Gasteiger partial charge in [0, 0.05) is 6.42 Å². The van der Waals surface area contributed by atoms with E-state index < -0.39 is 0 Å². The minimum Gasteiger partial charge on any atom is -0.272 e. The Labute approximate surface area is 90.5 Å². The summed E-state index contributed by atoms with van der Waals surface area (Å²) in [5, 5.41) is 0.897. The molecule has 1 aliphatic heterocycles. The highest BCUT2D eigenvalue weighted by Gasteiger charge is 2.47. The van der Waals surface area contributed by atoms with Gasteiger partial charge in [-0.2, -0.15) is 5.06 Å². The van der Waals surface area contributed by atoms with Crippen LogP contribution in [0.25, 0.3) is 0 Å². The monoisotopic (exact) mass is 213 g/mol. The normalized spacial score (nSPS) is 22.7. The van der Waals surface area contributed by atoms with Gasteiger partial charge in [-0.3, -0.25) is 14.4 Å². The van der Waals surface area contributed by atoms with E-state index in [1.165, 1.54) is 7.11 Å². The van der Waals surface area contributed by atoms with Crippen LogP contribution in [-0.4, -0.2) is 24.0 Å². The Morgan fingerprint density at radius 3 is 2.27 bits per heavy atom. The lowest BCUT2D eigenvalue weighted by atomic mass is 9.72. The molecule has 0 spiro atoms. The van der Waals surface area contributed by atoms with Crippen molar-refractivity contribution in [3.63, 3.8) is 0 Å². The Bertz CT molecular complexity index is 271. The van der Waals surface area contributed by atoms with Gasteiger partial charge in [-0.05, 0) is 18.3 Å². The molecule has 1 heterocycles. The molecule has 15 heavy (non-hydrogen) atoms. The molecule has 1 atom stereocenters. The van der Waals surface area contributed by atoms with Crippen LogP contribution in [0.3, 0.4) is 0 Å². The summed E-state index contributed by atoms with van der Waals surface area (Å²) < 4.78 is 0. The summed E-state index contributed by atoms with van der Waals surface area (Å²) in [6.07, 6.45) is 2.07. The van der Waals surface area contributed by atoms with Gasteiger partial charge in [0.15, 0.2) is 0 Å². The van der Waals surface area contributed by atoms with E-state index in [0.29, 0.717) is 0 Å². The van der Waals surface area contributed by atoms with Gasteiger partial charge in [0.2, 0.25) is 0 Å². The summed E-state index contributed by atoms with van der Waals surface area (Å²) in [4.78, 5) is 28.2. The topological polar surface area (TPSA) is 46.6 Å². The van der Waals surface area contributed by atoms with Crippen molar-refractivity contribution in [2.75, 3.05) is 7.11 Å². The van der Waals surface area contributed by atoms with Crippen LogP contribution < -0.4 is 0 Å². The van der Waals surface area contributed by atoms with E-state index in [0.717, 1.165) is 17.9 Å². The van der Waals surface area contributed by atoms with E-state index in [9.17, 15) is 9.59 Å². The fourth-order valence-electron chi connectivity index (χ4n) is 2.09. The Morgan fingerprint density at radius 2 is 1.93 bits per heavy atom. The van der Waals surface area contributed by atoms with Gasteiger partial charge in [0.1, 0.15) is 0 Å². The second-order valence-corrected chi connectivity index (χ2v) is 4.33. The number of carbonyl (C=O) groups is 2. The number of carbonyl (C=O) groups excluding carboxylic acids is 2. The first-order valence-corrected chi connectivity index (χ1v) is 5.41. The van der Waals surface area contributed by atoms with Gasteiger partial charge in [-0.15, -0.1) is 0 Å². The minimum absolute atomic E-state index is 0.0972. The molecular formula is C11H19NO3. The van der Waals surface area contributed by atoms with Gasteiger partial charge in [0.05, 0.1) is 13.0 Å². The number of amides is 2. The van der Waals surface area contributed by atoms with Crippen LogP contribution in [0, 0.1) is 11.3 Å². The minimum atomic E-state index is -0.222. The van der Waals surface area contributed by atoms with E-state index in [1.807, 2.05) is 0 Å². The second kappa shape index (κ2) is 4.31. The summed E-state index contributed by atoms with van der Waals surface area (Å²) in [6, 6.07) is 0. The highest BCUT2D eigenvalue weighted by molar-refractivity contribution is 6.02. The molecule has 1 aliphatic rings. The molecule has 86 valence electrons. The van der Waals surface area contributed by atoms with Crippen molar-refractivity contribution in [1.29, 1.82) is 0 Å². The molecule has 1 fully saturated rings. The first-order chi connectivity index (χ1) is 7.00. The van der Waals surface area contributed by atoms with Crippen LogP contribution in [-0.2, 0) is 14.4 Å². The number of hydrogen-bond donors (Lipinski definition) is 0. The van der Waals surface area contributed by atoms with Crippen LogP contribution >= 0.6 is 0 Å². The average molecular weight is 213 g/mol. The Hall–Kier alpha value is -0.900. The van der Waals surface area contributed by atoms with Crippen LogP contribution in [0.1, 0.15) is 40.0 Å². The zero-order valence-electron chi connectivity index (χ0n) is 9.87. The molecule has 1 rings (SSSR count). The Balaban J connectivity index is 2.91. The van der Waals surface area contributed by atoms with Crippen LogP contribution in [0.4, 0.5) is 0 Å². The highest BCUT2D eigenvalue weighted by atomic mass is 16.7. The highest BCUT2D eigenvalue weighted by Crippen LogP contribution is 2.41. The van der Waals surface area contributed by atoms with E-state index in [-0.39, 0.29) is 29.6 Å². The number of imide groups is 1. The largest absolute Gasteiger partial charge is 0.272 e. The van der Waals surface area contributed by atoms with Crippen LogP contribution in [0.2, 0.25) is 0 Å². The fraction of sp³-hybridized carbons (Fsp3) is 0.818. The van der Waals surface area contributed by atoms with Crippen LogP contribution in [0.5, 0.6) is 0 Å². The van der Waals surface area contributed by atoms with Gasteiger partial charge < -0.3 is 0 Å². The molecule has 4 heteroatoms. The molecule has 4 nitrogen and oxygen atoms in total. The number of hydrogen-bond acceptors (Lipinski definition) is 3. The van der Waals surface area contributed by atoms with Gasteiger partial charge in [0.25, 0.3) is 11.8 Å². The molecule has 0 radical (unpaired) electrons. The number of rotatable bonds is 4. The second-order valence-electron chi connectivity index (χ2n) is 4.33. The van der Waals surface area contributed by atoms with Crippen molar-refractivity contribution in [1.82, 2.24) is 5.06 Å². The third kappa shape index (κ3) is 1.91. The molecule has 0 aliphatic carbocycles. The Morgan fingerprint density at radius 1 is 1.40 bits per heavy atom. The van der Waals surface area contributed by atoms with Gasteiger partial charge in [-0.25, -0.2) is 0 Å². The first kappa shape index (κ1) is 12.2. The van der Waals surface area contributed by atoms with Crippen molar-refractivity contribution < 1.29 is 14.4 Å². The zero-order valence-corrected chi connectivity index (χ0v) is 9.87. The maximum atomic E-state index is 11.9. The Kier molecular flexibility index (Phi) is 3.50. The third-order valence-electron chi connectivity index (χ3n) is 3.74. The molecule has 0 bridgehead atoms. The predicted octanol–water partition coefficient (Wildman–Crippen LogP) is 1.75. The standard InChI is InChI=1S/C11H19NO3/c1-5-11(3,6-2)8-7-9(13)12(15-4)10(8)14/h8H,5-7H2,1-4H3. The molecule has 0 N–H and O–H groups in total. The number of nitrogens with zero attached hydrogens (tertiary/aromatic N) is 1. The average Bonchev–Trinajstić information content (AvgIpc) is 2.53. The van der Waals surface area contributed by atoms with E-state index in [2.05, 4.69) is 20.8 Å². The maximum Gasteiger partial charge on any atom is 0.257 e. The lowest BCUT2D eigenvalue weighted by molar-refractivity contribution is -0.181. The maximum absolute atomic E-state index is 11.9. The van der Waals surface area contributed by atoms with E-state index in [4.69, 9.17) is 4.84 Å². The molecule has 2 amide bonds. The van der Waals surface area contributed by atoms with Gasteiger partial charge >= 0.3 is 0 Å². The summed E-state index contributed by atoms with van der Waals surface area (Å²) in [7, 11) is 1.35. The zero-order chi connectivity index (χ0) is 11.6. The fourth-order valence-corrected chi connectivity index (χ4v) is 2.09. The molecular weight excluding hydrogens is 194 g/mol. The van der Waals surface area contributed by atoms with Crippen molar-refractivity contribution in [3.8, 4) is 0 Å². The molecule has 1 unspecified atom stereocenters. The summed E-state index contributed by atoms with van der Waals surface area (Å²) in [5.74, 6) is -0.630.